The SMILES string of the molecule is CCC1C(N2CCC3(CC2)OC(=O)N(C)C3CC)CC12CCN(C(=O)O)C2. The van der Waals surface area contributed by atoms with Gasteiger partial charge in [-0.05, 0) is 30.6 Å². The van der Waals surface area contributed by atoms with E-state index in [1.54, 1.807) is 9.80 Å². The van der Waals surface area contributed by atoms with E-state index in [1.807, 2.05) is 7.05 Å². The lowest BCUT2D eigenvalue weighted by Gasteiger charge is -2.58. The van der Waals surface area contributed by atoms with Crippen LogP contribution < -0.4 is 0 Å². The summed E-state index contributed by atoms with van der Waals surface area (Å²) in [6.45, 7) is 7.70. The molecule has 0 aromatic heterocycles. The first-order valence-corrected chi connectivity index (χ1v) is 10.5. The van der Waals surface area contributed by atoms with Crippen molar-refractivity contribution in [3.05, 3.63) is 0 Å². The molecule has 2 amide bonds. The van der Waals surface area contributed by atoms with Crippen LogP contribution in [0.3, 0.4) is 0 Å². The number of hydrogen-bond donors (Lipinski definition) is 1. The van der Waals surface area contributed by atoms with Gasteiger partial charge in [0, 0.05) is 52.1 Å². The van der Waals surface area contributed by atoms with E-state index in [0.717, 1.165) is 51.6 Å². The summed E-state index contributed by atoms with van der Waals surface area (Å²) in [5.41, 5.74) is -0.118. The normalized spacial score (nSPS) is 38.5. The summed E-state index contributed by atoms with van der Waals surface area (Å²) in [5.74, 6) is 0.576. The van der Waals surface area contributed by atoms with E-state index in [2.05, 4.69) is 18.7 Å². The van der Waals surface area contributed by atoms with E-state index >= 15 is 0 Å². The molecule has 4 rings (SSSR count). The molecule has 3 aliphatic heterocycles. The Balaban J connectivity index is 1.40. The van der Waals surface area contributed by atoms with Crippen molar-refractivity contribution in [3.8, 4) is 0 Å². The molecule has 1 saturated carbocycles. The lowest BCUT2D eigenvalue weighted by molar-refractivity contribution is -0.103. The Morgan fingerprint density at radius 1 is 1.19 bits per heavy atom. The van der Waals surface area contributed by atoms with Crippen molar-refractivity contribution < 1.29 is 19.4 Å². The Bertz CT molecular complexity index is 618. The first-order valence-electron chi connectivity index (χ1n) is 10.5. The van der Waals surface area contributed by atoms with Crippen LogP contribution in [0, 0.1) is 11.3 Å². The Labute approximate surface area is 161 Å². The van der Waals surface area contributed by atoms with Gasteiger partial charge in [-0.15, -0.1) is 0 Å². The second-order valence-corrected chi connectivity index (χ2v) is 9.11. The highest BCUT2D eigenvalue weighted by Gasteiger charge is 2.60. The summed E-state index contributed by atoms with van der Waals surface area (Å²) in [7, 11) is 1.86. The lowest BCUT2D eigenvalue weighted by Crippen LogP contribution is -2.63. The molecule has 4 fully saturated rings. The number of amides is 2. The van der Waals surface area contributed by atoms with Crippen LogP contribution >= 0.6 is 0 Å². The number of likely N-dealkylation sites (tertiary alicyclic amines) is 2. The largest absolute Gasteiger partial charge is 0.465 e. The predicted molar refractivity (Wildman–Crippen MR) is 101 cm³/mol. The van der Waals surface area contributed by atoms with Gasteiger partial charge in [-0.25, -0.2) is 9.59 Å². The van der Waals surface area contributed by atoms with Gasteiger partial charge in [0.1, 0.15) is 5.60 Å². The minimum absolute atomic E-state index is 0.177. The zero-order valence-electron chi connectivity index (χ0n) is 16.8. The summed E-state index contributed by atoms with van der Waals surface area (Å²) >= 11 is 0. The fourth-order valence-electron chi connectivity index (χ4n) is 6.68. The number of rotatable bonds is 3. The van der Waals surface area contributed by atoms with Crippen LogP contribution in [0.5, 0.6) is 0 Å². The molecule has 0 aromatic rings. The van der Waals surface area contributed by atoms with Gasteiger partial charge in [-0.2, -0.15) is 0 Å². The van der Waals surface area contributed by atoms with Crippen molar-refractivity contribution in [3.63, 3.8) is 0 Å². The average Bonchev–Trinajstić information content (AvgIpc) is 3.17. The highest BCUT2D eigenvalue weighted by atomic mass is 16.6. The van der Waals surface area contributed by atoms with Gasteiger partial charge < -0.3 is 19.6 Å². The quantitative estimate of drug-likeness (QED) is 0.816. The summed E-state index contributed by atoms with van der Waals surface area (Å²) < 4.78 is 5.86. The number of ether oxygens (including phenoxy) is 1. The number of piperidine rings is 1. The summed E-state index contributed by atoms with van der Waals surface area (Å²) in [6.07, 6.45) is 5.01. The number of hydrogen-bond acceptors (Lipinski definition) is 4. The van der Waals surface area contributed by atoms with Crippen molar-refractivity contribution in [1.29, 1.82) is 0 Å². The van der Waals surface area contributed by atoms with Crippen LogP contribution in [0.4, 0.5) is 9.59 Å². The zero-order chi connectivity index (χ0) is 19.4. The molecule has 2 spiro atoms. The maximum Gasteiger partial charge on any atom is 0.410 e. The minimum Gasteiger partial charge on any atom is -0.465 e. The Kier molecular flexibility index (Phi) is 4.56. The van der Waals surface area contributed by atoms with E-state index in [-0.39, 0.29) is 23.2 Å². The van der Waals surface area contributed by atoms with Gasteiger partial charge >= 0.3 is 12.2 Å². The van der Waals surface area contributed by atoms with Gasteiger partial charge in [0.25, 0.3) is 0 Å². The zero-order valence-corrected chi connectivity index (χ0v) is 16.8. The standard InChI is InChI=1S/C20H33N3O4/c1-4-14-15(12-19(14)6-9-23(13-19)17(24)25)22-10-7-20(8-11-22)16(5-2)21(3)18(26)27-20/h14-16H,4-13H2,1-3H3,(H,24,25). The molecule has 1 aliphatic carbocycles. The average molecular weight is 380 g/mol. The van der Waals surface area contributed by atoms with Crippen LogP contribution in [0.2, 0.25) is 0 Å². The molecule has 7 heteroatoms. The third-order valence-electron chi connectivity index (χ3n) is 8.12. The van der Waals surface area contributed by atoms with E-state index in [9.17, 15) is 14.7 Å². The van der Waals surface area contributed by atoms with Crippen LogP contribution in [-0.4, -0.2) is 82.9 Å². The van der Waals surface area contributed by atoms with Gasteiger partial charge in [0.15, 0.2) is 0 Å². The fraction of sp³-hybridized carbons (Fsp3) is 0.900. The van der Waals surface area contributed by atoms with Crippen LogP contribution in [0.15, 0.2) is 0 Å². The molecular weight excluding hydrogens is 346 g/mol. The first kappa shape index (κ1) is 18.8. The van der Waals surface area contributed by atoms with Crippen LogP contribution in [0.25, 0.3) is 0 Å². The molecule has 3 heterocycles. The Hall–Kier alpha value is -1.50. The number of carbonyl (C=O) groups excluding carboxylic acids is 1. The second kappa shape index (κ2) is 6.54. The number of likely N-dealkylation sites (N-methyl/N-ethyl adjacent to an activating group) is 1. The molecule has 1 N–H and O–H groups in total. The summed E-state index contributed by atoms with van der Waals surface area (Å²) in [4.78, 5) is 29.4. The van der Waals surface area contributed by atoms with E-state index in [0.29, 0.717) is 25.0 Å². The monoisotopic (exact) mass is 379 g/mol. The van der Waals surface area contributed by atoms with Crippen LogP contribution in [-0.2, 0) is 4.74 Å². The van der Waals surface area contributed by atoms with E-state index in [4.69, 9.17) is 4.74 Å². The predicted octanol–water partition coefficient (Wildman–Crippen LogP) is 2.85. The Morgan fingerprint density at radius 3 is 2.44 bits per heavy atom. The molecule has 7 nitrogen and oxygen atoms in total. The van der Waals surface area contributed by atoms with Crippen molar-refractivity contribution in [2.75, 3.05) is 33.2 Å². The van der Waals surface area contributed by atoms with Crippen molar-refractivity contribution in [2.45, 2.75) is 70.1 Å². The molecule has 27 heavy (non-hydrogen) atoms. The highest BCUT2D eigenvalue weighted by molar-refractivity contribution is 5.71. The third kappa shape index (κ3) is 2.72. The highest BCUT2D eigenvalue weighted by Crippen LogP contribution is 2.56. The number of nitrogens with zero attached hydrogens (tertiary/aromatic N) is 3. The molecule has 4 atom stereocenters. The molecule has 3 saturated heterocycles. The molecule has 0 bridgehead atoms. The van der Waals surface area contributed by atoms with E-state index in [1.165, 1.54) is 0 Å². The van der Waals surface area contributed by atoms with Gasteiger partial charge in [-0.3, -0.25) is 4.90 Å². The topological polar surface area (TPSA) is 73.3 Å². The Morgan fingerprint density at radius 2 is 1.89 bits per heavy atom. The third-order valence-corrected chi connectivity index (χ3v) is 8.12. The van der Waals surface area contributed by atoms with Gasteiger partial charge in [-0.1, -0.05) is 20.3 Å². The molecule has 4 aliphatic rings. The maximum absolute atomic E-state index is 12.1. The molecule has 0 aromatic carbocycles. The number of carbonyl (C=O) groups is 2. The van der Waals surface area contributed by atoms with Crippen LogP contribution in [0.1, 0.15) is 52.4 Å². The molecule has 0 radical (unpaired) electrons. The van der Waals surface area contributed by atoms with Crippen molar-refractivity contribution in [1.82, 2.24) is 14.7 Å². The first-order chi connectivity index (χ1) is 12.9. The summed E-state index contributed by atoms with van der Waals surface area (Å²) in [5, 5.41) is 9.32. The fourth-order valence-corrected chi connectivity index (χ4v) is 6.68. The summed E-state index contributed by atoms with van der Waals surface area (Å²) in [6, 6.07) is 0.733. The van der Waals surface area contributed by atoms with Gasteiger partial charge in [0.05, 0.1) is 6.04 Å². The second-order valence-electron chi connectivity index (χ2n) is 9.11. The lowest BCUT2D eigenvalue weighted by atomic mass is 9.54. The molecule has 152 valence electrons. The smallest absolute Gasteiger partial charge is 0.410 e. The number of carboxylic acid groups (broad SMARTS) is 1. The maximum atomic E-state index is 12.1. The van der Waals surface area contributed by atoms with E-state index < -0.39 is 6.09 Å². The van der Waals surface area contributed by atoms with Crippen molar-refractivity contribution >= 4 is 12.2 Å². The van der Waals surface area contributed by atoms with Crippen molar-refractivity contribution in [2.24, 2.45) is 11.3 Å². The minimum atomic E-state index is -0.775. The molecule has 4 unspecified atom stereocenters. The van der Waals surface area contributed by atoms with Gasteiger partial charge in [0.2, 0.25) is 0 Å². The molecular formula is C20H33N3O4.